The Kier molecular flexibility index (Phi) is 3.62. The van der Waals surface area contributed by atoms with Crippen LogP contribution in [0.1, 0.15) is 30.4 Å². The second-order valence-corrected chi connectivity index (χ2v) is 4.93. The van der Waals surface area contributed by atoms with Crippen LogP contribution in [0.5, 0.6) is 0 Å². The van der Waals surface area contributed by atoms with E-state index in [1.54, 1.807) is 0 Å². The lowest BCUT2D eigenvalue weighted by Crippen LogP contribution is -2.53. The molecule has 2 heteroatoms. The van der Waals surface area contributed by atoms with Crippen LogP contribution in [0.2, 0.25) is 0 Å². The summed E-state index contributed by atoms with van der Waals surface area (Å²) in [6, 6.07) is 8.46. The van der Waals surface area contributed by atoms with Gasteiger partial charge in [0.1, 0.15) is 0 Å². The summed E-state index contributed by atoms with van der Waals surface area (Å²) in [5.74, 6) is 0. The molecule has 1 unspecified atom stereocenters. The van der Waals surface area contributed by atoms with Crippen molar-refractivity contribution in [1.29, 1.82) is 0 Å². The maximum atomic E-state index is 9.63. The van der Waals surface area contributed by atoms with Gasteiger partial charge in [-0.3, -0.25) is 0 Å². The molecule has 0 aliphatic carbocycles. The van der Waals surface area contributed by atoms with Crippen LogP contribution in [0.25, 0.3) is 0 Å². The van der Waals surface area contributed by atoms with Gasteiger partial charge in [-0.25, -0.2) is 0 Å². The molecule has 88 valence electrons. The molecule has 1 aromatic carbocycles. The van der Waals surface area contributed by atoms with Crippen LogP contribution in [0.3, 0.4) is 0 Å². The summed E-state index contributed by atoms with van der Waals surface area (Å²) in [4.78, 5) is 0. The van der Waals surface area contributed by atoms with Crippen LogP contribution < -0.4 is 5.32 Å². The zero-order chi connectivity index (χ0) is 11.4. The molecule has 1 saturated heterocycles. The van der Waals surface area contributed by atoms with Crippen LogP contribution in [-0.4, -0.2) is 23.8 Å². The highest BCUT2D eigenvalue weighted by Crippen LogP contribution is 2.24. The van der Waals surface area contributed by atoms with Gasteiger partial charge < -0.3 is 10.4 Å². The second kappa shape index (κ2) is 4.98. The van der Waals surface area contributed by atoms with Gasteiger partial charge in [0.2, 0.25) is 0 Å². The van der Waals surface area contributed by atoms with Crippen molar-refractivity contribution in [2.45, 2.75) is 38.1 Å². The summed E-state index contributed by atoms with van der Waals surface area (Å²) in [5, 5.41) is 13.1. The van der Waals surface area contributed by atoms with Crippen molar-refractivity contribution in [3.05, 3.63) is 35.4 Å². The standard InChI is InChI=1S/C14H21NO/c1-12-6-2-3-7-13(12)10-14(11-16)8-4-5-9-15-14/h2-3,6-7,15-16H,4-5,8-11H2,1H3. The maximum absolute atomic E-state index is 9.63. The molecule has 1 heterocycles. The molecule has 0 saturated carbocycles. The molecule has 2 rings (SSSR count). The number of hydrogen-bond acceptors (Lipinski definition) is 2. The highest BCUT2D eigenvalue weighted by Gasteiger charge is 2.31. The van der Waals surface area contributed by atoms with E-state index in [1.165, 1.54) is 24.0 Å². The Morgan fingerprint density at radius 3 is 2.75 bits per heavy atom. The van der Waals surface area contributed by atoms with E-state index in [0.29, 0.717) is 0 Å². The van der Waals surface area contributed by atoms with E-state index >= 15 is 0 Å². The first-order valence-electron chi connectivity index (χ1n) is 6.16. The molecule has 2 nitrogen and oxygen atoms in total. The minimum Gasteiger partial charge on any atom is -0.394 e. The Hall–Kier alpha value is -0.860. The number of piperidine rings is 1. The molecular weight excluding hydrogens is 198 g/mol. The predicted molar refractivity (Wildman–Crippen MR) is 66.6 cm³/mol. The van der Waals surface area contributed by atoms with Crippen molar-refractivity contribution in [2.24, 2.45) is 0 Å². The van der Waals surface area contributed by atoms with E-state index in [1.807, 2.05) is 0 Å². The Labute approximate surface area is 97.7 Å². The van der Waals surface area contributed by atoms with Gasteiger partial charge in [0.25, 0.3) is 0 Å². The number of benzene rings is 1. The number of rotatable bonds is 3. The topological polar surface area (TPSA) is 32.3 Å². The van der Waals surface area contributed by atoms with Crippen LogP contribution in [0, 0.1) is 6.92 Å². The Morgan fingerprint density at radius 2 is 2.12 bits per heavy atom. The Bertz CT molecular complexity index is 342. The van der Waals surface area contributed by atoms with Crippen molar-refractivity contribution < 1.29 is 5.11 Å². The fourth-order valence-electron chi connectivity index (χ4n) is 2.55. The van der Waals surface area contributed by atoms with Crippen molar-refractivity contribution in [1.82, 2.24) is 5.32 Å². The van der Waals surface area contributed by atoms with E-state index in [2.05, 4.69) is 36.5 Å². The van der Waals surface area contributed by atoms with Crippen molar-refractivity contribution >= 4 is 0 Å². The molecule has 0 aromatic heterocycles. The summed E-state index contributed by atoms with van der Waals surface area (Å²) >= 11 is 0. The normalized spacial score (nSPS) is 25.6. The average molecular weight is 219 g/mol. The number of nitrogens with one attached hydrogen (secondary N) is 1. The summed E-state index contributed by atoms with van der Waals surface area (Å²) in [5.41, 5.74) is 2.60. The highest BCUT2D eigenvalue weighted by molar-refractivity contribution is 5.27. The third-order valence-corrected chi connectivity index (χ3v) is 3.67. The van der Waals surface area contributed by atoms with E-state index in [-0.39, 0.29) is 12.1 Å². The minimum absolute atomic E-state index is 0.0790. The molecule has 2 N–H and O–H groups in total. The fourth-order valence-corrected chi connectivity index (χ4v) is 2.55. The molecule has 1 atom stereocenters. The second-order valence-electron chi connectivity index (χ2n) is 4.93. The molecule has 0 spiro atoms. The molecule has 1 aliphatic rings. The maximum Gasteiger partial charge on any atom is 0.0616 e. The third kappa shape index (κ3) is 2.45. The van der Waals surface area contributed by atoms with Crippen molar-refractivity contribution in [2.75, 3.05) is 13.2 Å². The Morgan fingerprint density at radius 1 is 1.31 bits per heavy atom. The molecule has 1 fully saturated rings. The van der Waals surface area contributed by atoms with Gasteiger partial charge in [0.15, 0.2) is 0 Å². The van der Waals surface area contributed by atoms with E-state index in [0.717, 1.165) is 19.4 Å². The Balaban J connectivity index is 2.15. The largest absolute Gasteiger partial charge is 0.394 e. The quantitative estimate of drug-likeness (QED) is 0.815. The van der Waals surface area contributed by atoms with Crippen molar-refractivity contribution in [3.63, 3.8) is 0 Å². The van der Waals surface area contributed by atoms with Gasteiger partial charge in [-0.1, -0.05) is 30.7 Å². The third-order valence-electron chi connectivity index (χ3n) is 3.67. The molecular formula is C14H21NO. The zero-order valence-corrected chi connectivity index (χ0v) is 10.00. The smallest absolute Gasteiger partial charge is 0.0616 e. The summed E-state index contributed by atoms with van der Waals surface area (Å²) in [6.07, 6.45) is 4.48. The van der Waals surface area contributed by atoms with Gasteiger partial charge in [0.05, 0.1) is 6.61 Å². The number of aliphatic hydroxyl groups is 1. The monoisotopic (exact) mass is 219 g/mol. The number of hydrogen-bond donors (Lipinski definition) is 2. The number of aliphatic hydroxyl groups excluding tert-OH is 1. The minimum atomic E-state index is -0.0790. The van der Waals surface area contributed by atoms with Crippen LogP contribution >= 0.6 is 0 Å². The fraction of sp³-hybridized carbons (Fsp3) is 0.571. The van der Waals surface area contributed by atoms with E-state index < -0.39 is 0 Å². The average Bonchev–Trinajstić information content (AvgIpc) is 2.33. The van der Waals surface area contributed by atoms with Gasteiger partial charge in [-0.05, 0) is 43.9 Å². The van der Waals surface area contributed by atoms with Gasteiger partial charge >= 0.3 is 0 Å². The SMILES string of the molecule is Cc1ccccc1CC1(CO)CCCCN1. The highest BCUT2D eigenvalue weighted by atomic mass is 16.3. The van der Waals surface area contributed by atoms with Gasteiger partial charge in [-0.2, -0.15) is 0 Å². The van der Waals surface area contributed by atoms with Crippen LogP contribution in [0.15, 0.2) is 24.3 Å². The lowest BCUT2D eigenvalue weighted by atomic mass is 9.83. The molecule has 0 bridgehead atoms. The number of aryl methyl sites for hydroxylation is 1. The summed E-state index contributed by atoms with van der Waals surface area (Å²) in [7, 11) is 0. The summed E-state index contributed by atoms with van der Waals surface area (Å²) < 4.78 is 0. The van der Waals surface area contributed by atoms with E-state index in [9.17, 15) is 5.11 Å². The molecule has 0 amide bonds. The molecule has 16 heavy (non-hydrogen) atoms. The van der Waals surface area contributed by atoms with Gasteiger partial charge in [-0.15, -0.1) is 0 Å². The first-order chi connectivity index (χ1) is 7.76. The molecule has 0 radical (unpaired) electrons. The zero-order valence-electron chi connectivity index (χ0n) is 10.00. The van der Waals surface area contributed by atoms with Gasteiger partial charge in [0, 0.05) is 5.54 Å². The lowest BCUT2D eigenvalue weighted by Gasteiger charge is -2.37. The van der Waals surface area contributed by atoms with E-state index in [4.69, 9.17) is 0 Å². The summed E-state index contributed by atoms with van der Waals surface area (Å²) in [6.45, 7) is 3.41. The molecule has 1 aromatic rings. The lowest BCUT2D eigenvalue weighted by molar-refractivity contribution is 0.131. The predicted octanol–water partition coefficient (Wildman–Crippen LogP) is 2.04. The first-order valence-corrected chi connectivity index (χ1v) is 6.16. The van der Waals surface area contributed by atoms with Crippen LogP contribution in [-0.2, 0) is 6.42 Å². The van der Waals surface area contributed by atoms with Crippen molar-refractivity contribution in [3.8, 4) is 0 Å². The first kappa shape index (κ1) is 11.6. The van der Waals surface area contributed by atoms with Crippen LogP contribution in [0.4, 0.5) is 0 Å². The molecule has 1 aliphatic heterocycles.